The number of hydrogen-bond donors (Lipinski definition) is 0. The van der Waals surface area contributed by atoms with Gasteiger partial charge in [-0.15, -0.1) is 0 Å². The Bertz CT molecular complexity index is 648. The highest BCUT2D eigenvalue weighted by atomic mass is 32.2. The first-order chi connectivity index (χ1) is 10.0. The molecule has 0 saturated carbocycles. The van der Waals surface area contributed by atoms with Crippen LogP contribution in [0.4, 0.5) is 0 Å². The summed E-state index contributed by atoms with van der Waals surface area (Å²) in [6, 6.07) is 0. The zero-order valence-corrected chi connectivity index (χ0v) is 14.3. The molecule has 0 bridgehead atoms. The van der Waals surface area contributed by atoms with Crippen molar-refractivity contribution in [2.45, 2.75) is 53.5 Å². The summed E-state index contributed by atoms with van der Waals surface area (Å²) in [5.74, 6) is 2.63. The van der Waals surface area contributed by atoms with Crippen LogP contribution in [0.5, 0.6) is 0 Å². The molecule has 2 aromatic rings. The normalized spacial score (nSPS) is 13.0. The van der Waals surface area contributed by atoms with Crippen LogP contribution in [0.2, 0.25) is 0 Å². The first-order valence-corrected chi connectivity index (χ1v) is 9.17. The minimum absolute atomic E-state index is 0.678. The molecule has 0 fully saturated rings. The molecule has 0 spiro atoms. The molecule has 0 aliphatic rings. The molecule has 4 nitrogen and oxygen atoms in total. The Labute approximate surface area is 129 Å². The minimum Gasteiger partial charge on any atom is -0.328 e. The van der Waals surface area contributed by atoms with Gasteiger partial charge in [-0.3, -0.25) is 9.19 Å². The van der Waals surface area contributed by atoms with Gasteiger partial charge in [0.25, 0.3) is 0 Å². The number of hydrogen-bond acceptors (Lipinski definition) is 3. The summed E-state index contributed by atoms with van der Waals surface area (Å²) in [4.78, 5) is 8.97. The predicted octanol–water partition coefficient (Wildman–Crippen LogP) is 3.30. The van der Waals surface area contributed by atoms with Crippen molar-refractivity contribution in [1.29, 1.82) is 0 Å². The van der Waals surface area contributed by atoms with Gasteiger partial charge in [0.05, 0.1) is 11.7 Å². The fourth-order valence-electron chi connectivity index (χ4n) is 2.56. The van der Waals surface area contributed by atoms with E-state index in [0.29, 0.717) is 0 Å². The maximum Gasteiger partial charge on any atom is 0.107 e. The molecule has 0 amide bonds. The Hall–Kier alpha value is -1.23. The van der Waals surface area contributed by atoms with Gasteiger partial charge in [-0.1, -0.05) is 13.3 Å². The van der Waals surface area contributed by atoms with Gasteiger partial charge in [0.1, 0.15) is 11.3 Å². The van der Waals surface area contributed by atoms with E-state index >= 15 is 0 Å². The van der Waals surface area contributed by atoms with Crippen LogP contribution in [0, 0.1) is 20.8 Å². The lowest BCUT2D eigenvalue weighted by atomic mass is 10.2. The van der Waals surface area contributed by atoms with E-state index in [9.17, 15) is 4.21 Å². The lowest BCUT2D eigenvalue weighted by molar-refractivity contribution is 0.654. The quantitative estimate of drug-likeness (QED) is 0.788. The average molecular weight is 307 g/mol. The van der Waals surface area contributed by atoms with E-state index in [4.69, 9.17) is 0 Å². The highest BCUT2D eigenvalue weighted by Crippen LogP contribution is 2.21. The zero-order chi connectivity index (χ0) is 15.4. The maximum absolute atomic E-state index is 11.9. The lowest BCUT2D eigenvalue weighted by Crippen LogP contribution is -2.08. The molecule has 21 heavy (non-hydrogen) atoms. The molecule has 5 heteroatoms. The highest BCUT2D eigenvalue weighted by molar-refractivity contribution is 7.84. The number of unbranched alkanes of at least 4 members (excludes halogenated alkanes) is 1. The molecule has 2 heterocycles. The third kappa shape index (κ3) is 3.70. The Kier molecular flexibility index (Phi) is 5.51. The van der Waals surface area contributed by atoms with Gasteiger partial charge in [0, 0.05) is 34.5 Å². The van der Waals surface area contributed by atoms with Gasteiger partial charge < -0.3 is 4.57 Å². The van der Waals surface area contributed by atoms with Crippen LogP contribution in [0.25, 0.3) is 11.0 Å². The molecule has 1 atom stereocenters. The highest BCUT2D eigenvalue weighted by Gasteiger charge is 2.12. The van der Waals surface area contributed by atoms with Crippen LogP contribution in [0.15, 0.2) is 6.20 Å². The molecule has 0 aliphatic heterocycles. The first-order valence-electron chi connectivity index (χ1n) is 7.68. The lowest BCUT2D eigenvalue weighted by Gasteiger charge is -2.09. The topological polar surface area (TPSA) is 47.8 Å². The second-order valence-corrected chi connectivity index (χ2v) is 7.26. The SMILES string of the molecule is CCCCS(=O)CCCn1c(C)nc2cnc(C)c(C)c21. The van der Waals surface area contributed by atoms with Gasteiger partial charge >= 0.3 is 0 Å². The van der Waals surface area contributed by atoms with Crippen molar-refractivity contribution >= 4 is 21.8 Å². The fraction of sp³-hybridized carbons (Fsp3) is 0.625. The van der Waals surface area contributed by atoms with Gasteiger partial charge in [-0.25, -0.2) is 4.98 Å². The second kappa shape index (κ2) is 7.16. The van der Waals surface area contributed by atoms with Gasteiger partial charge in [-0.05, 0) is 39.2 Å². The van der Waals surface area contributed by atoms with Gasteiger partial charge in [-0.2, -0.15) is 0 Å². The third-order valence-corrected chi connectivity index (χ3v) is 5.43. The summed E-state index contributed by atoms with van der Waals surface area (Å²) >= 11 is 0. The van der Waals surface area contributed by atoms with Crippen LogP contribution in [0.1, 0.15) is 43.3 Å². The summed E-state index contributed by atoms with van der Waals surface area (Å²) in [7, 11) is -0.678. The Balaban J connectivity index is 2.10. The second-order valence-electron chi connectivity index (χ2n) is 5.57. The van der Waals surface area contributed by atoms with E-state index in [1.807, 2.05) is 20.0 Å². The average Bonchev–Trinajstić information content (AvgIpc) is 2.78. The van der Waals surface area contributed by atoms with Crippen LogP contribution >= 0.6 is 0 Å². The Morgan fingerprint density at radius 1 is 1.19 bits per heavy atom. The van der Waals surface area contributed by atoms with E-state index < -0.39 is 10.8 Å². The molecule has 116 valence electrons. The molecule has 0 N–H and O–H groups in total. The van der Waals surface area contributed by atoms with Crippen molar-refractivity contribution < 1.29 is 4.21 Å². The van der Waals surface area contributed by atoms with Gasteiger partial charge in [0.15, 0.2) is 0 Å². The smallest absolute Gasteiger partial charge is 0.107 e. The van der Waals surface area contributed by atoms with Crippen LogP contribution in [-0.4, -0.2) is 30.2 Å². The van der Waals surface area contributed by atoms with Crippen LogP contribution < -0.4 is 0 Å². The number of aryl methyl sites for hydroxylation is 4. The molecule has 1 unspecified atom stereocenters. The molecule has 2 rings (SSSR count). The molecule has 0 radical (unpaired) electrons. The molecular weight excluding hydrogens is 282 g/mol. The number of pyridine rings is 1. The van der Waals surface area contributed by atoms with Crippen LogP contribution in [0.3, 0.4) is 0 Å². The van der Waals surface area contributed by atoms with E-state index in [1.54, 1.807) is 0 Å². The zero-order valence-electron chi connectivity index (χ0n) is 13.5. The number of fused-ring (bicyclic) bond motifs is 1. The monoisotopic (exact) mass is 307 g/mol. The summed E-state index contributed by atoms with van der Waals surface area (Å²) < 4.78 is 14.1. The standard InChI is InChI=1S/C16H25N3OS/c1-5-6-9-21(20)10-7-8-19-14(4)18-15-11-17-13(3)12(2)16(15)19/h11H,5-10H2,1-4H3. The largest absolute Gasteiger partial charge is 0.328 e. The fourth-order valence-corrected chi connectivity index (χ4v) is 3.83. The number of imidazole rings is 1. The first kappa shape index (κ1) is 16.1. The number of nitrogens with zero attached hydrogens (tertiary/aromatic N) is 3. The van der Waals surface area contributed by atoms with Crippen LogP contribution in [-0.2, 0) is 17.3 Å². The van der Waals surface area contributed by atoms with E-state index in [-0.39, 0.29) is 0 Å². The summed E-state index contributed by atoms with van der Waals surface area (Å²) in [6.45, 7) is 9.17. The summed E-state index contributed by atoms with van der Waals surface area (Å²) in [6.07, 6.45) is 4.95. The third-order valence-electron chi connectivity index (χ3n) is 3.94. The molecule has 0 aromatic carbocycles. The summed E-state index contributed by atoms with van der Waals surface area (Å²) in [5, 5.41) is 0. The molecule has 0 aliphatic carbocycles. The Morgan fingerprint density at radius 2 is 1.90 bits per heavy atom. The summed E-state index contributed by atoms with van der Waals surface area (Å²) in [5.41, 5.74) is 4.39. The van der Waals surface area contributed by atoms with E-state index in [1.165, 1.54) is 11.1 Å². The van der Waals surface area contributed by atoms with E-state index in [2.05, 4.69) is 28.4 Å². The van der Waals surface area contributed by atoms with Crippen molar-refractivity contribution in [2.24, 2.45) is 0 Å². The molecule has 0 saturated heterocycles. The van der Waals surface area contributed by atoms with Crippen molar-refractivity contribution in [3.8, 4) is 0 Å². The van der Waals surface area contributed by atoms with Crippen molar-refractivity contribution in [2.75, 3.05) is 11.5 Å². The maximum atomic E-state index is 11.9. The molecular formula is C16H25N3OS. The molecule has 2 aromatic heterocycles. The van der Waals surface area contributed by atoms with Gasteiger partial charge in [0.2, 0.25) is 0 Å². The van der Waals surface area contributed by atoms with Crippen molar-refractivity contribution in [1.82, 2.24) is 14.5 Å². The Morgan fingerprint density at radius 3 is 2.62 bits per heavy atom. The number of rotatable bonds is 7. The van der Waals surface area contributed by atoms with Crippen molar-refractivity contribution in [3.63, 3.8) is 0 Å². The van der Waals surface area contributed by atoms with E-state index in [0.717, 1.165) is 54.3 Å². The minimum atomic E-state index is -0.678. The van der Waals surface area contributed by atoms with Crippen molar-refractivity contribution in [3.05, 3.63) is 23.3 Å². The number of aromatic nitrogens is 3. The predicted molar refractivity (Wildman–Crippen MR) is 89.1 cm³/mol.